The van der Waals surface area contributed by atoms with E-state index in [4.69, 9.17) is 0 Å². The van der Waals surface area contributed by atoms with Crippen LogP contribution in [0.5, 0.6) is 0 Å². The largest absolute Gasteiger partial charge is 0.343 e. The third-order valence-electron chi connectivity index (χ3n) is 5.01. The molecule has 1 aliphatic heterocycles. The van der Waals surface area contributed by atoms with Crippen LogP contribution in [-0.2, 0) is 10.3 Å². The summed E-state index contributed by atoms with van der Waals surface area (Å²) in [5.41, 5.74) is 2.40. The van der Waals surface area contributed by atoms with Gasteiger partial charge < -0.3 is 10.2 Å². The summed E-state index contributed by atoms with van der Waals surface area (Å²) < 4.78 is 1.03. The molecule has 128 valence electrons. The number of carbonyl (C=O) groups is 2. The fourth-order valence-electron chi connectivity index (χ4n) is 3.38. The molecule has 2 fully saturated rings. The number of amides is 2. The van der Waals surface area contributed by atoms with Gasteiger partial charge in [-0.05, 0) is 61.2 Å². The third-order valence-corrected chi connectivity index (χ3v) is 5.54. The molecule has 1 heterocycles. The maximum absolute atomic E-state index is 12.6. The van der Waals surface area contributed by atoms with E-state index in [1.54, 1.807) is 17.0 Å². The fraction of sp³-hybridized carbons (Fsp3) is 0.300. The van der Waals surface area contributed by atoms with Gasteiger partial charge in [-0.25, -0.2) is 0 Å². The van der Waals surface area contributed by atoms with Crippen LogP contribution in [0.4, 0.5) is 5.69 Å². The van der Waals surface area contributed by atoms with E-state index in [1.807, 2.05) is 24.3 Å². The second-order valence-corrected chi connectivity index (χ2v) is 7.65. The second-order valence-electron chi connectivity index (χ2n) is 6.74. The summed E-state index contributed by atoms with van der Waals surface area (Å²) in [6, 6.07) is 15.4. The predicted molar refractivity (Wildman–Crippen MR) is 101 cm³/mol. The Kier molecular flexibility index (Phi) is 4.12. The van der Waals surface area contributed by atoms with E-state index in [2.05, 4.69) is 33.4 Å². The smallest absolute Gasteiger partial charge is 0.251 e. The molecule has 0 bridgehead atoms. The van der Waals surface area contributed by atoms with E-state index in [-0.39, 0.29) is 17.4 Å². The fourth-order valence-corrected chi connectivity index (χ4v) is 3.65. The van der Waals surface area contributed by atoms with E-state index in [1.165, 1.54) is 0 Å². The van der Waals surface area contributed by atoms with Gasteiger partial charge in [-0.15, -0.1) is 0 Å². The summed E-state index contributed by atoms with van der Waals surface area (Å²) in [6.07, 6.45) is 3.43. The molecule has 2 aromatic carbocycles. The van der Waals surface area contributed by atoms with E-state index in [0.717, 1.165) is 41.5 Å². The molecule has 0 radical (unpaired) electrons. The second kappa shape index (κ2) is 6.30. The number of halogens is 1. The van der Waals surface area contributed by atoms with E-state index in [9.17, 15) is 9.59 Å². The first kappa shape index (κ1) is 16.3. The van der Waals surface area contributed by atoms with Crippen molar-refractivity contribution < 1.29 is 9.59 Å². The molecule has 1 aliphatic carbocycles. The molecular weight excluding hydrogens is 380 g/mol. The number of anilines is 1. The highest BCUT2D eigenvalue weighted by atomic mass is 79.9. The number of rotatable bonds is 4. The van der Waals surface area contributed by atoms with E-state index >= 15 is 0 Å². The van der Waals surface area contributed by atoms with Gasteiger partial charge in [0.05, 0.1) is 5.54 Å². The molecule has 0 spiro atoms. The quantitative estimate of drug-likeness (QED) is 0.845. The number of hydrogen-bond acceptors (Lipinski definition) is 2. The topological polar surface area (TPSA) is 49.4 Å². The highest BCUT2D eigenvalue weighted by molar-refractivity contribution is 9.10. The number of carbonyl (C=O) groups excluding carboxylic acids is 2. The van der Waals surface area contributed by atoms with Gasteiger partial charge in [0.15, 0.2) is 0 Å². The summed E-state index contributed by atoms with van der Waals surface area (Å²) in [5.74, 6) is 0.0871. The summed E-state index contributed by atoms with van der Waals surface area (Å²) in [5, 5.41) is 3.18. The molecule has 5 heteroatoms. The van der Waals surface area contributed by atoms with Crippen LogP contribution in [0.25, 0.3) is 0 Å². The van der Waals surface area contributed by atoms with Crippen molar-refractivity contribution >= 4 is 33.4 Å². The molecule has 2 aliphatic rings. The standard InChI is InChI=1S/C20H19BrN2O2/c21-16-7-5-15(6-8-16)20(11-12-20)22-19(25)14-3-9-17(10-4-14)23-13-1-2-18(23)24/h3-10H,1-2,11-13H2,(H,22,25). The Hall–Kier alpha value is -2.14. The monoisotopic (exact) mass is 398 g/mol. The minimum Gasteiger partial charge on any atom is -0.343 e. The Morgan fingerprint density at radius 2 is 1.72 bits per heavy atom. The van der Waals surface area contributed by atoms with Crippen molar-refractivity contribution in [3.63, 3.8) is 0 Å². The number of nitrogens with zero attached hydrogens (tertiary/aromatic N) is 1. The van der Waals surface area contributed by atoms with Gasteiger partial charge in [0.1, 0.15) is 0 Å². The SMILES string of the molecule is O=C(NC1(c2ccc(Br)cc2)CC1)c1ccc(N2CCCC2=O)cc1. The summed E-state index contributed by atoms with van der Waals surface area (Å²) in [4.78, 5) is 26.2. The Bertz CT molecular complexity index is 811. The lowest BCUT2D eigenvalue weighted by Gasteiger charge is -2.19. The zero-order chi connectivity index (χ0) is 17.4. The maximum atomic E-state index is 12.6. The Morgan fingerprint density at radius 3 is 2.28 bits per heavy atom. The van der Waals surface area contributed by atoms with E-state index < -0.39 is 0 Å². The van der Waals surface area contributed by atoms with Crippen molar-refractivity contribution in [1.29, 1.82) is 0 Å². The molecule has 2 amide bonds. The summed E-state index contributed by atoms with van der Waals surface area (Å²) in [6.45, 7) is 0.761. The lowest BCUT2D eigenvalue weighted by molar-refractivity contribution is -0.117. The van der Waals surface area contributed by atoms with Gasteiger partial charge in [-0.1, -0.05) is 28.1 Å². The molecule has 0 aromatic heterocycles. The molecule has 2 aromatic rings. The van der Waals surface area contributed by atoms with Crippen molar-refractivity contribution in [2.45, 2.75) is 31.2 Å². The van der Waals surface area contributed by atoms with Crippen molar-refractivity contribution in [2.24, 2.45) is 0 Å². The molecule has 25 heavy (non-hydrogen) atoms. The van der Waals surface area contributed by atoms with Gasteiger partial charge in [-0.2, -0.15) is 0 Å². The van der Waals surface area contributed by atoms with Gasteiger partial charge in [0, 0.05) is 28.7 Å². The highest BCUT2D eigenvalue weighted by Crippen LogP contribution is 2.45. The normalized spacial score (nSPS) is 18.3. The van der Waals surface area contributed by atoms with Crippen molar-refractivity contribution in [1.82, 2.24) is 5.32 Å². The first-order chi connectivity index (χ1) is 12.1. The highest BCUT2D eigenvalue weighted by Gasteiger charge is 2.45. The summed E-state index contributed by atoms with van der Waals surface area (Å²) >= 11 is 3.44. The van der Waals surface area contributed by atoms with Gasteiger partial charge in [0.25, 0.3) is 5.91 Å². The van der Waals surface area contributed by atoms with Crippen LogP contribution in [0.2, 0.25) is 0 Å². The molecule has 4 nitrogen and oxygen atoms in total. The summed E-state index contributed by atoms with van der Waals surface area (Å²) in [7, 11) is 0. The van der Waals surface area contributed by atoms with Crippen LogP contribution < -0.4 is 10.2 Å². The van der Waals surface area contributed by atoms with Crippen molar-refractivity contribution in [3.05, 3.63) is 64.1 Å². The zero-order valence-electron chi connectivity index (χ0n) is 13.8. The Labute approximate surface area is 155 Å². The molecule has 1 saturated heterocycles. The zero-order valence-corrected chi connectivity index (χ0v) is 15.4. The Morgan fingerprint density at radius 1 is 1.04 bits per heavy atom. The van der Waals surface area contributed by atoms with E-state index in [0.29, 0.717) is 12.0 Å². The third kappa shape index (κ3) is 3.21. The molecule has 0 unspecified atom stereocenters. The molecule has 0 atom stereocenters. The first-order valence-corrected chi connectivity index (χ1v) is 9.36. The molecule has 1 saturated carbocycles. The van der Waals surface area contributed by atoms with Crippen molar-refractivity contribution in [3.8, 4) is 0 Å². The van der Waals surface area contributed by atoms with Gasteiger partial charge in [0.2, 0.25) is 5.91 Å². The number of nitrogens with one attached hydrogen (secondary N) is 1. The molecular formula is C20H19BrN2O2. The lowest BCUT2D eigenvalue weighted by Crippen LogP contribution is -2.34. The van der Waals surface area contributed by atoms with Crippen LogP contribution in [0.15, 0.2) is 53.0 Å². The van der Waals surface area contributed by atoms with Gasteiger partial charge in [-0.3, -0.25) is 9.59 Å². The maximum Gasteiger partial charge on any atom is 0.251 e. The molecule has 1 N–H and O–H groups in total. The first-order valence-electron chi connectivity index (χ1n) is 8.56. The lowest BCUT2D eigenvalue weighted by atomic mass is 10.0. The van der Waals surface area contributed by atoms with Crippen LogP contribution >= 0.6 is 15.9 Å². The molecule has 4 rings (SSSR count). The average molecular weight is 399 g/mol. The van der Waals surface area contributed by atoms with Gasteiger partial charge >= 0.3 is 0 Å². The average Bonchev–Trinajstić information content (AvgIpc) is 3.27. The Balaban J connectivity index is 1.48. The minimum atomic E-state index is -0.235. The minimum absolute atomic E-state index is 0.0697. The number of benzene rings is 2. The number of hydrogen-bond donors (Lipinski definition) is 1. The van der Waals surface area contributed by atoms with Crippen LogP contribution in [-0.4, -0.2) is 18.4 Å². The van der Waals surface area contributed by atoms with Crippen LogP contribution in [0.3, 0.4) is 0 Å². The predicted octanol–water partition coefficient (Wildman–Crippen LogP) is 4.00. The van der Waals surface area contributed by atoms with Crippen molar-refractivity contribution in [2.75, 3.05) is 11.4 Å². The van der Waals surface area contributed by atoms with Crippen LogP contribution in [0.1, 0.15) is 41.6 Å². The van der Waals surface area contributed by atoms with Crippen LogP contribution in [0, 0.1) is 0 Å².